The molecule has 4 rings (SSSR count). The minimum atomic E-state index is 0.0263. The van der Waals surface area contributed by atoms with Crippen molar-refractivity contribution in [2.45, 2.75) is 170 Å². The van der Waals surface area contributed by atoms with E-state index in [0.29, 0.717) is 23.7 Å². The van der Waals surface area contributed by atoms with Crippen LogP contribution < -0.4 is 0 Å². The molecule has 3 nitrogen and oxygen atoms in total. The Morgan fingerprint density at radius 1 is 0.854 bits per heavy atom. The van der Waals surface area contributed by atoms with E-state index in [0.717, 1.165) is 98.6 Å². The highest BCUT2D eigenvalue weighted by molar-refractivity contribution is 5.69. The zero-order valence-corrected chi connectivity index (χ0v) is 27.9. The quantitative estimate of drug-likeness (QED) is 0.112. The van der Waals surface area contributed by atoms with Crippen LogP contribution in [0, 0.1) is 58.2 Å². The maximum absolute atomic E-state index is 12.6. The lowest BCUT2D eigenvalue weighted by molar-refractivity contribution is -0.162. The van der Waals surface area contributed by atoms with Gasteiger partial charge in [0.2, 0.25) is 0 Å². The molecule has 0 aromatic rings. The molecule has 4 saturated carbocycles. The molecule has 2 unspecified atom stereocenters. The van der Waals surface area contributed by atoms with Crippen LogP contribution in [-0.2, 0) is 14.3 Å². The summed E-state index contributed by atoms with van der Waals surface area (Å²) in [5.41, 5.74) is 1.01. The zero-order chi connectivity index (χ0) is 29.6. The maximum atomic E-state index is 12.6. The summed E-state index contributed by atoms with van der Waals surface area (Å²) in [6.45, 7) is 15.2. The Labute approximate surface area is 254 Å². The fourth-order valence-electron chi connectivity index (χ4n) is 11.3. The average molecular weight is 571 g/mol. The molecule has 0 spiro atoms. The molecule has 4 fully saturated rings. The van der Waals surface area contributed by atoms with Gasteiger partial charge in [-0.25, -0.2) is 0 Å². The summed E-state index contributed by atoms with van der Waals surface area (Å²) in [4.78, 5) is 23.1. The summed E-state index contributed by atoms with van der Waals surface area (Å²) in [5, 5.41) is 0. The van der Waals surface area contributed by atoms with Gasteiger partial charge in [0.25, 0.3) is 0 Å². The molecule has 0 N–H and O–H groups in total. The predicted octanol–water partition coefficient (Wildman–Crippen LogP) is 10.6. The van der Waals surface area contributed by atoms with Crippen molar-refractivity contribution in [3.63, 3.8) is 0 Å². The third-order valence-corrected chi connectivity index (χ3v) is 13.8. The van der Waals surface area contributed by atoms with Crippen molar-refractivity contribution in [3.05, 3.63) is 0 Å². The van der Waals surface area contributed by atoms with Crippen LogP contribution in [0.1, 0.15) is 164 Å². The van der Waals surface area contributed by atoms with Gasteiger partial charge in [0.05, 0.1) is 0 Å². The maximum Gasteiger partial charge on any atom is 0.306 e. The van der Waals surface area contributed by atoms with Crippen molar-refractivity contribution < 1.29 is 14.3 Å². The molecular weight excluding hydrogens is 504 g/mol. The summed E-state index contributed by atoms with van der Waals surface area (Å²) in [7, 11) is 0. The largest absolute Gasteiger partial charge is 0.462 e. The van der Waals surface area contributed by atoms with Crippen molar-refractivity contribution in [2.75, 3.05) is 0 Å². The number of rotatable bonds is 15. The molecule has 41 heavy (non-hydrogen) atoms. The molecule has 4 aliphatic rings. The first kappa shape index (κ1) is 33.0. The fraction of sp³-hybridized carbons (Fsp3) is 0.947. The molecular formula is C38H66O3. The molecule has 4 aliphatic carbocycles. The zero-order valence-electron chi connectivity index (χ0n) is 27.9. The Kier molecular flexibility index (Phi) is 11.9. The molecule has 0 aromatic carbocycles. The lowest BCUT2D eigenvalue weighted by Gasteiger charge is -2.61. The van der Waals surface area contributed by atoms with E-state index in [9.17, 15) is 9.59 Å². The minimum Gasteiger partial charge on any atom is -0.462 e. The van der Waals surface area contributed by atoms with Gasteiger partial charge in [-0.05, 0) is 135 Å². The number of carbonyl (C=O) groups is 2. The number of hydrogen-bond donors (Lipinski definition) is 0. The van der Waals surface area contributed by atoms with Gasteiger partial charge in [0, 0.05) is 12.8 Å². The molecule has 0 aliphatic heterocycles. The number of unbranched alkanes of at least 4 members (excludes halogenated alkanes) is 5. The van der Waals surface area contributed by atoms with Gasteiger partial charge in [-0.15, -0.1) is 0 Å². The van der Waals surface area contributed by atoms with E-state index >= 15 is 0 Å². The van der Waals surface area contributed by atoms with Gasteiger partial charge in [-0.2, -0.15) is 0 Å². The molecule has 0 bridgehead atoms. The molecule has 10 atom stereocenters. The van der Waals surface area contributed by atoms with Gasteiger partial charge >= 0.3 is 5.97 Å². The van der Waals surface area contributed by atoms with Gasteiger partial charge in [-0.1, -0.05) is 73.6 Å². The first-order valence-corrected chi connectivity index (χ1v) is 18.3. The van der Waals surface area contributed by atoms with Gasteiger partial charge < -0.3 is 9.53 Å². The third kappa shape index (κ3) is 7.45. The molecule has 0 amide bonds. The second-order valence-electron chi connectivity index (χ2n) is 16.2. The Bertz CT molecular complexity index is 835. The topological polar surface area (TPSA) is 43.4 Å². The molecule has 0 radical (unpaired) electrons. The number of ether oxygens (including phenoxy) is 1. The summed E-state index contributed by atoms with van der Waals surface area (Å²) >= 11 is 0. The molecule has 0 aromatic heterocycles. The second-order valence-corrected chi connectivity index (χ2v) is 16.2. The van der Waals surface area contributed by atoms with Crippen molar-refractivity contribution in [1.82, 2.24) is 0 Å². The first-order chi connectivity index (χ1) is 19.6. The van der Waals surface area contributed by atoms with Gasteiger partial charge in [0.1, 0.15) is 12.4 Å². The average Bonchev–Trinajstić information content (AvgIpc) is 3.30. The number of aldehydes is 1. The highest BCUT2D eigenvalue weighted by atomic mass is 16.5. The minimum absolute atomic E-state index is 0.0263. The van der Waals surface area contributed by atoms with Crippen LogP contribution in [0.2, 0.25) is 0 Å². The van der Waals surface area contributed by atoms with Crippen molar-refractivity contribution in [1.29, 1.82) is 0 Å². The molecule has 3 heteroatoms. The Morgan fingerprint density at radius 2 is 1.56 bits per heavy atom. The second kappa shape index (κ2) is 14.7. The van der Waals surface area contributed by atoms with Crippen molar-refractivity contribution in [3.8, 4) is 0 Å². The SMILES string of the molecule is CC[C@H](CC[C@@H](C)[C@H]1CC[C@H]2[C@@H]3CCC4CC(OC(=O)CCCCCCCC=O)CC[C@]4(C)[C@H]3CC[C@]12C)C(C)C. The first-order valence-electron chi connectivity index (χ1n) is 18.3. The molecule has 236 valence electrons. The van der Waals surface area contributed by atoms with E-state index in [1.807, 2.05) is 0 Å². The van der Waals surface area contributed by atoms with Crippen LogP contribution in [0.5, 0.6) is 0 Å². The van der Waals surface area contributed by atoms with Crippen LogP contribution >= 0.6 is 0 Å². The lowest BCUT2D eigenvalue weighted by Crippen LogP contribution is -2.54. The fourth-order valence-corrected chi connectivity index (χ4v) is 11.3. The van der Waals surface area contributed by atoms with E-state index in [1.54, 1.807) is 0 Å². The Balaban J connectivity index is 1.27. The summed E-state index contributed by atoms with van der Waals surface area (Å²) in [6.07, 6.45) is 23.8. The van der Waals surface area contributed by atoms with Gasteiger partial charge in [-0.3, -0.25) is 4.79 Å². The van der Waals surface area contributed by atoms with E-state index in [-0.39, 0.29) is 12.1 Å². The summed E-state index contributed by atoms with van der Waals surface area (Å²) in [6, 6.07) is 0. The monoisotopic (exact) mass is 571 g/mol. The smallest absolute Gasteiger partial charge is 0.306 e. The summed E-state index contributed by atoms with van der Waals surface area (Å²) in [5.74, 6) is 7.02. The van der Waals surface area contributed by atoms with Crippen LogP contribution in [0.4, 0.5) is 0 Å². The predicted molar refractivity (Wildman–Crippen MR) is 170 cm³/mol. The molecule has 0 saturated heterocycles. The van der Waals surface area contributed by atoms with Crippen LogP contribution in [0.15, 0.2) is 0 Å². The number of esters is 1. The Morgan fingerprint density at radius 3 is 2.29 bits per heavy atom. The number of hydrogen-bond acceptors (Lipinski definition) is 3. The van der Waals surface area contributed by atoms with Crippen molar-refractivity contribution >= 4 is 12.3 Å². The van der Waals surface area contributed by atoms with Crippen molar-refractivity contribution in [2.24, 2.45) is 58.2 Å². The number of carbonyl (C=O) groups excluding carboxylic acids is 2. The highest BCUT2D eigenvalue weighted by Crippen LogP contribution is 2.68. The normalized spacial score (nSPS) is 38.0. The van der Waals surface area contributed by atoms with Gasteiger partial charge in [0.15, 0.2) is 0 Å². The van der Waals surface area contributed by atoms with Crippen LogP contribution in [0.25, 0.3) is 0 Å². The number of fused-ring (bicyclic) bond motifs is 5. The van der Waals surface area contributed by atoms with E-state index in [2.05, 4.69) is 41.5 Å². The lowest BCUT2D eigenvalue weighted by atomic mass is 9.44. The molecule has 0 heterocycles. The summed E-state index contributed by atoms with van der Waals surface area (Å²) < 4.78 is 6.07. The van der Waals surface area contributed by atoms with Crippen LogP contribution in [-0.4, -0.2) is 18.4 Å². The van der Waals surface area contributed by atoms with E-state index < -0.39 is 0 Å². The van der Waals surface area contributed by atoms with E-state index in [4.69, 9.17) is 4.74 Å². The standard InChI is InChI=1S/C38H66O3/c1-7-29(27(2)3)16-15-28(4)33-19-20-34-32-18-17-30-26-31(41-36(40)14-12-10-8-9-11-13-25-39)21-23-37(30,5)35(32)22-24-38(33,34)6/h25,27-35H,7-24,26H2,1-6H3/t28-,29-,30?,31?,32+,33-,34+,35+,37+,38-/m1/s1. The van der Waals surface area contributed by atoms with E-state index in [1.165, 1.54) is 64.2 Å². The highest BCUT2D eigenvalue weighted by Gasteiger charge is 2.60. The van der Waals surface area contributed by atoms with Crippen LogP contribution in [0.3, 0.4) is 0 Å². The Hall–Kier alpha value is -0.860. The third-order valence-electron chi connectivity index (χ3n) is 13.8.